The summed E-state index contributed by atoms with van der Waals surface area (Å²) < 4.78 is 11.2. The van der Waals surface area contributed by atoms with Crippen LogP contribution < -0.4 is 15.2 Å². The molecule has 4 heteroatoms. The van der Waals surface area contributed by atoms with Gasteiger partial charge in [0.25, 0.3) is 0 Å². The SMILES string of the molecule is COc1ccc(CCN)cc1OCCSc1ccccc1. The lowest BCUT2D eigenvalue weighted by Gasteiger charge is -2.12. The fraction of sp³-hybridized carbons (Fsp3) is 0.294. The van der Waals surface area contributed by atoms with Gasteiger partial charge in [0, 0.05) is 10.6 Å². The number of hydrogen-bond donors (Lipinski definition) is 1. The van der Waals surface area contributed by atoms with Crippen LogP contribution in [0.5, 0.6) is 11.5 Å². The molecule has 0 amide bonds. The van der Waals surface area contributed by atoms with Crippen LogP contribution in [0.25, 0.3) is 0 Å². The van der Waals surface area contributed by atoms with Crippen LogP contribution in [0.1, 0.15) is 5.56 Å². The van der Waals surface area contributed by atoms with E-state index < -0.39 is 0 Å². The van der Waals surface area contributed by atoms with Crippen molar-refractivity contribution < 1.29 is 9.47 Å². The van der Waals surface area contributed by atoms with Crippen LogP contribution in [0.4, 0.5) is 0 Å². The monoisotopic (exact) mass is 303 g/mol. The van der Waals surface area contributed by atoms with Gasteiger partial charge >= 0.3 is 0 Å². The normalized spacial score (nSPS) is 10.4. The maximum Gasteiger partial charge on any atom is 0.161 e. The predicted octanol–water partition coefficient (Wildman–Crippen LogP) is 3.37. The molecule has 2 N–H and O–H groups in total. The fourth-order valence-electron chi connectivity index (χ4n) is 1.98. The smallest absolute Gasteiger partial charge is 0.161 e. The average molecular weight is 303 g/mol. The molecule has 0 aliphatic rings. The molecule has 2 rings (SSSR count). The van der Waals surface area contributed by atoms with Crippen LogP contribution in [-0.4, -0.2) is 26.0 Å². The van der Waals surface area contributed by atoms with Gasteiger partial charge in [-0.1, -0.05) is 24.3 Å². The minimum Gasteiger partial charge on any atom is -0.493 e. The summed E-state index contributed by atoms with van der Waals surface area (Å²) in [5, 5.41) is 0. The number of benzene rings is 2. The Morgan fingerprint density at radius 1 is 1.05 bits per heavy atom. The van der Waals surface area contributed by atoms with Crippen molar-refractivity contribution >= 4 is 11.8 Å². The quantitative estimate of drug-likeness (QED) is 0.600. The van der Waals surface area contributed by atoms with Gasteiger partial charge in [-0.15, -0.1) is 11.8 Å². The number of hydrogen-bond acceptors (Lipinski definition) is 4. The van der Waals surface area contributed by atoms with Crippen molar-refractivity contribution in [3.63, 3.8) is 0 Å². The second-order valence-corrected chi connectivity index (χ2v) is 5.70. The van der Waals surface area contributed by atoms with Crippen LogP contribution in [0.2, 0.25) is 0 Å². The Bertz CT molecular complexity index is 546. The van der Waals surface area contributed by atoms with E-state index in [1.165, 1.54) is 10.5 Å². The average Bonchev–Trinajstić information content (AvgIpc) is 2.53. The van der Waals surface area contributed by atoms with Gasteiger partial charge in [-0.2, -0.15) is 0 Å². The minimum atomic E-state index is 0.635. The van der Waals surface area contributed by atoms with Crippen molar-refractivity contribution in [2.24, 2.45) is 5.73 Å². The second kappa shape index (κ2) is 8.60. The first kappa shape index (κ1) is 15.7. The summed E-state index contributed by atoms with van der Waals surface area (Å²) in [7, 11) is 1.66. The standard InChI is InChI=1S/C17H21NO2S/c1-19-16-8-7-14(9-10-18)13-17(16)20-11-12-21-15-5-3-2-4-6-15/h2-8,13H,9-12,18H2,1H3. The van der Waals surface area contributed by atoms with Crippen LogP contribution in [0.3, 0.4) is 0 Å². The molecule has 0 radical (unpaired) electrons. The molecule has 0 aliphatic heterocycles. The first-order valence-electron chi connectivity index (χ1n) is 7.01. The Morgan fingerprint density at radius 2 is 1.86 bits per heavy atom. The number of ether oxygens (including phenoxy) is 2. The van der Waals surface area contributed by atoms with Crippen molar-refractivity contribution in [3.05, 3.63) is 54.1 Å². The molecular weight excluding hydrogens is 282 g/mol. The molecule has 112 valence electrons. The summed E-state index contributed by atoms with van der Waals surface area (Å²) in [6, 6.07) is 16.3. The van der Waals surface area contributed by atoms with E-state index in [2.05, 4.69) is 12.1 Å². The van der Waals surface area contributed by atoms with Crippen molar-refractivity contribution in [3.8, 4) is 11.5 Å². The molecular formula is C17H21NO2S. The zero-order chi connectivity index (χ0) is 14.9. The molecule has 0 spiro atoms. The second-order valence-electron chi connectivity index (χ2n) is 4.53. The maximum absolute atomic E-state index is 5.85. The lowest BCUT2D eigenvalue weighted by atomic mass is 10.1. The zero-order valence-corrected chi connectivity index (χ0v) is 13.1. The number of nitrogens with two attached hydrogens (primary N) is 1. The highest BCUT2D eigenvalue weighted by Gasteiger charge is 2.05. The van der Waals surface area contributed by atoms with E-state index in [0.29, 0.717) is 13.2 Å². The fourth-order valence-corrected chi connectivity index (χ4v) is 2.74. The maximum atomic E-state index is 5.85. The predicted molar refractivity (Wildman–Crippen MR) is 88.4 cm³/mol. The van der Waals surface area contributed by atoms with E-state index >= 15 is 0 Å². The van der Waals surface area contributed by atoms with Gasteiger partial charge in [0.15, 0.2) is 11.5 Å². The van der Waals surface area contributed by atoms with Gasteiger partial charge in [0.05, 0.1) is 13.7 Å². The van der Waals surface area contributed by atoms with E-state index in [-0.39, 0.29) is 0 Å². The van der Waals surface area contributed by atoms with Crippen molar-refractivity contribution in [1.82, 2.24) is 0 Å². The summed E-state index contributed by atoms with van der Waals surface area (Å²) in [6.07, 6.45) is 0.846. The third kappa shape index (κ3) is 4.99. The molecule has 0 saturated heterocycles. The van der Waals surface area contributed by atoms with Crippen molar-refractivity contribution in [2.45, 2.75) is 11.3 Å². The van der Waals surface area contributed by atoms with Crippen LogP contribution >= 0.6 is 11.8 Å². The first-order valence-corrected chi connectivity index (χ1v) is 7.99. The van der Waals surface area contributed by atoms with Gasteiger partial charge in [-0.25, -0.2) is 0 Å². The molecule has 0 aliphatic carbocycles. The zero-order valence-electron chi connectivity index (χ0n) is 12.2. The van der Waals surface area contributed by atoms with Gasteiger partial charge < -0.3 is 15.2 Å². The molecule has 0 bridgehead atoms. The van der Waals surface area contributed by atoms with E-state index in [1.807, 2.05) is 36.4 Å². The molecule has 21 heavy (non-hydrogen) atoms. The molecule has 0 aromatic heterocycles. The summed E-state index contributed by atoms with van der Waals surface area (Å²) in [5.41, 5.74) is 6.76. The molecule has 0 saturated carbocycles. The minimum absolute atomic E-state index is 0.635. The summed E-state index contributed by atoms with van der Waals surface area (Å²) in [6.45, 7) is 1.28. The Balaban J connectivity index is 1.88. The van der Waals surface area contributed by atoms with E-state index in [9.17, 15) is 0 Å². The highest BCUT2D eigenvalue weighted by Crippen LogP contribution is 2.28. The molecule has 0 unspecified atom stereocenters. The molecule has 0 heterocycles. The lowest BCUT2D eigenvalue weighted by molar-refractivity contribution is 0.313. The Kier molecular flexibility index (Phi) is 6.44. The van der Waals surface area contributed by atoms with Crippen LogP contribution in [-0.2, 0) is 6.42 Å². The molecule has 2 aromatic carbocycles. The molecule has 2 aromatic rings. The van der Waals surface area contributed by atoms with Gasteiger partial charge in [-0.3, -0.25) is 0 Å². The first-order chi connectivity index (χ1) is 10.3. The van der Waals surface area contributed by atoms with Crippen LogP contribution in [0.15, 0.2) is 53.4 Å². The highest BCUT2D eigenvalue weighted by atomic mass is 32.2. The number of thioether (sulfide) groups is 1. The Labute approximate surface area is 130 Å². The van der Waals surface area contributed by atoms with E-state index in [0.717, 1.165) is 23.7 Å². The molecule has 3 nitrogen and oxygen atoms in total. The summed E-state index contributed by atoms with van der Waals surface area (Å²) >= 11 is 1.78. The Hall–Kier alpha value is -1.65. The number of methoxy groups -OCH3 is 1. The van der Waals surface area contributed by atoms with Crippen molar-refractivity contribution in [2.75, 3.05) is 26.0 Å². The highest BCUT2D eigenvalue weighted by molar-refractivity contribution is 7.99. The molecule has 0 fully saturated rings. The van der Waals surface area contributed by atoms with E-state index in [1.54, 1.807) is 18.9 Å². The number of rotatable bonds is 8. The van der Waals surface area contributed by atoms with E-state index in [4.69, 9.17) is 15.2 Å². The van der Waals surface area contributed by atoms with Gasteiger partial charge in [-0.05, 0) is 42.8 Å². The van der Waals surface area contributed by atoms with Gasteiger partial charge in [0.2, 0.25) is 0 Å². The summed E-state index contributed by atoms with van der Waals surface area (Å²) in [5.74, 6) is 2.45. The largest absolute Gasteiger partial charge is 0.493 e. The Morgan fingerprint density at radius 3 is 2.57 bits per heavy atom. The third-order valence-electron chi connectivity index (χ3n) is 3.01. The van der Waals surface area contributed by atoms with Crippen molar-refractivity contribution in [1.29, 1.82) is 0 Å². The summed E-state index contributed by atoms with van der Waals surface area (Å²) in [4.78, 5) is 1.25. The molecule has 0 atom stereocenters. The van der Waals surface area contributed by atoms with Gasteiger partial charge in [0.1, 0.15) is 0 Å². The topological polar surface area (TPSA) is 44.5 Å². The lowest BCUT2D eigenvalue weighted by Crippen LogP contribution is -2.05. The van der Waals surface area contributed by atoms with Crippen LogP contribution in [0, 0.1) is 0 Å². The third-order valence-corrected chi connectivity index (χ3v) is 3.99.